The lowest BCUT2D eigenvalue weighted by Crippen LogP contribution is -2.47. The van der Waals surface area contributed by atoms with E-state index in [-0.39, 0.29) is 17.3 Å². The second-order valence-corrected chi connectivity index (χ2v) is 7.00. The van der Waals surface area contributed by atoms with Crippen molar-refractivity contribution < 1.29 is 9.53 Å². The van der Waals surface area contributed by atoms with Crippen LogP contribution >= 0.6 is 0 Å². The molecule has 1 aliphatic heterocycles. The smallest absolute Gasteiger partial charge is 0.263 e. The minimum Gasteiger partial charge on any atom is -0.367 e. The van der Waals surface area contributed by atoms with Gasteiger partial charge in [0.05, 0.1) is 25.0 Å². The Bertz CT molecular complexity index is 1050. The number of hydrogen-bond acceptors (Lipinski definition) is 6. The summed E-state index contributed by atoms with van der Waals surface area (Å²) in [5.74, 6) is 0.753. The Kier molecular flexibility index (Phi) is 3.78. The molecule has 0 spiro atoms. The second kappa shape index (κ2) is 6.31. The summed E-state index contributed by atoms with van der Waals surface area (Å²) in [6.07, 6.45) is 2.98. The van der Waals surface area contributed by atoms with Gasteiger partial charge < -0.3 is 9.64 Å². The third-order valence-corrected chi connectivity index (χ3v) is 5.09. The van der Waals surface area contributed by atoms with Crippen LogP contribution in [0.2, 0.25) is 0 Å². The van der Waals surface area contributed by atoms with Crippen molar-refractivity contribution in [2.24, 2.45) is 5.92 Å². The van der Waals surface area contributed by atoms with Gasteiger partial charge in [0.1, 0.15) is 11.5 Å². The van der Waals surface area contributed by atoms with Crippen molar-refractivity contribution in [2.45, 2.75) is 18.9 Å². The molecule has 1 N–H and O–H groups in total. The summed E-state index contributed by atoms with van der Waals surface area (Å²) >= 11 is 0. The average molecular weight is 365 g/mol. The normalized spacial score (nSPS) is 20.1. The molecule has 2 aromatic heterocycles. The van der Waals surface area contributed by atoms with E-state index >= 15 is 0 Å². The van der Waals surface area contributed by atoms with E-state index in [0.717, 1.165) is 18.5 Å². The third kappa shape index (κ3) is 2.91. The average Bonchev–Trinajstić information content (AvgIpc) is 3.47. The van der Waals surface area contributed by atoms with Gasteiger partial charge in [-0.15, -0.1) is 0 Å². The molecule has 0 radical (unpaired) electrons. The number of H-pyrrole nitrogens is 1. The Balaban J connectivity index is 1.51. The minimum absolute atomic E-state index is 0.143. The number of aromatic amines is 1. The standard InChI is InChI=1S/C19H19N5O3/c25-16(12-6-7-12)15-11-23(8-9-27-15)19-21-17-14(18(26)22-19)10-20-24(17)13-4-2-1-3-5-13/h1-5,10,12,15H,6-9,11H2,(H,21,22,26). The second-order valence-electron chi connectivity index (χ2n) is 7.00. The van der Waals surface area contributed by atoms with E-state index < -0.39 is 6.10 Å². The molecule has 5 rings (SSSR count). The number of fused-ring (bicyclic) bond motifs is 1. The Labute approximate surface area is 154 Å². The Morgan fingerprint density at radius 3 is 2.81 bits per heavy atom. The van der Waals surface area contributed by atoms with Crippen molar-refractivity contribution in [1.82, 2.24) is 19.7 Å². The van der Waals surface area contributed by atoms with E-state index in [1.165, 1.54) is 6.20 Å². The van der Waals surface area contributed by atoms with E-state index in [1.807, 2.05) is 35.2 Å². The highest BCUT2D eigenvalue weighted by molar-refractivity contribution is 5.88. The van der Waals surface area contributed by atoms with E-state index in [2.05, 4.69) is 15.1 Å². The zero-order valence-corrected chi connectivity index (χ0v) is 14.7. The highest BCUT2D eigenvalue weighted by Gasteiger charge is 2.38. The number of morpholine rings is 1. The van der Waals surface area contributed by atoms with Crippen LogP contribution < -0.4 is 10.5 Å². The number of nitrogens with one attached hydrogen (secondary N) is 1. The Hall–Kier alpha value is -3.00. The number of anilines is 1. The number of nitrogens with zero attached hydrogens (tertiary/aromatic N) is 4. The van der Waals surface area contributed by atoms with Gasteiger partial charge in [-0.25, -0.2) is 4.68 Å². The van der Waals surface area contributed by atoms with Crippen LogP contribution in [0.25, 0.3) is 16.7 Å². The number of benzene rings is 1. The molecule has 2 aliphatic rings. The lowest BCUT2D eigenvalue weighted by atomic mass is 10.1. The van der Waals surface area contributed by atoms with Crippen LogP contribution in [0.3, 0.4) is 0 Å². The summed E-state index contributed by atoms with van der Waals surface area (Å²) in [7, 11) is 0. The molecule has 2 fully saturated rings. The van der Waals surface area contributed by atoms with Crippen molar-refractivity contribution >= 4 is 22.8 Å². The molecule has 1 saturated heterocycles. The summed E-state index contributed by atoms with van der Waals surface area (Å²) in [5, 5.41) is 4.76. The van der Waals surface area contributed by atoms with Crippen LogP contribution in [0, 0.1) is 5.92 Å². The zero-order chi connectivity index (χ0) is 18.4. The molecule has 1 unspecified atom stereocenters. The quantitative estimate of drug-likeness (QED) is 0.749. The maximum atomic E-state index is 12.5. The maximum Gasteiger partial charge on any atom is 0.263 e. The predicted molar refractivity (Wildman–Crippen MR) is 99.2 cm³/mol. The van der Waals surface area contributed by atoms with Gasteiger partial charge in [0.15, 0.2) is 11.4 Å². The van der Waals surface area contributed by atoms with Gasteiger partial charge in [-0.3, -0.25) is 14.6 Å². The number of ether oxygens (including phenoxy) is 1. The number of Topliss-reactive ketones (excluding diaryl/α,β-unsaturated/α-hetero) is 1. The van der Waals surface area contributed by atoms with Crippen molar-refractivity contribution in [3.8, 4) is 5.69 Å². The van der Waals surface area contributed by atoms with Crippen LogP contribution in [0.15, 0.2) is 41.3 Å². The molecule has 0 amide bonds. The lowest BCUT2D eigenvalue weighted by molar-refractivity contribution is -0.132. The van der Waals surface area contributed by atoms with Crippen LogP contribution in [0.5, 0.6) is 0 Å². The van der Waals surface area contributed by atoms with Crippen molar-refractivity contribution in [3.63, 3.8) is 0 Å². The molecule has 1 aromatic carbocycles. The molecule has 8 nitrogen and oxygen atoms in total. The van der Waals surface area contributed by atoms with E-state index in [1.54, 1.807) is 4.68 Å². The van der Waals surface area contributed by atoms with Crippen LogP contribution in [-0.4, -0.2) is 51.3 Å². The van der Waals surface area contributed by atoms with Gasteiger partial charge in [0.2, 0.25) is 5.95 Å². The van der Waals surface area contributed by atoms with Gasteiger partial charge in [0, 0.05) is 12.5 Å². The van der Waals surface area contributed by atoms with E-state index in [9.17, 15) is 9.59 Å². The fourth-order valence-electron chi connectivity index (χ4n) is 3.46. The van der Waals surface area contributed by atoms with Crippen molar-refractivity contribution in [3.05, 3.63) is 46.9 Å². The first kappa shape index (κ1) is 16.2. The molecular weight excluding hydrogens is 346 g/mol. The van der Waals surface area contributed by atoms with Crippen molar-refractivity contribution in [2.75, 3.05) is 24.6 Å². The molecule has 3 heterocycles. The monoisotopic (exact) mass is 365 g/mol. The Morgan fingerprint density at radius 2 is 2.04 bits per heavy atom. The number of ketones is 1. The zero-order valence-electron chi connectivity index (χ0n) is 14.7. The molecule has 138 valence electrons. The molecule has 0 bridgehead atoms. The van der Waals surface area contributed by atoms with Crippen LogP contribution in [0.1, 0.15) is 12.8 Å². The van der Waals surface area contributed by atoms with Gasteiger partial charge in [0.25, 0.3) is 5.56 Å². The van der Waals surface area contributed by atoms with E-state index in [4.69, 9.17) is 4.74 Å². The van der Waals surface area contributed by atoms with Crippen molar-refractivity contribution in [1.29, 1.82) is 0 Å². The van der Waals surface area contributed by atoms with Gasteiger partial charge in [-0.05, 0) is 25.0 Å². The summed E-state index contributed by atoms with van der Waals surface area (Å²) in [6, 6.07) is 9.56. The highest BCUT2D eigenvalue weighted by Crippen LogP contribution is 2.32. The molecule has 1 saturated carbocycles. The largest absolute Gasteiger partial charge is 0.367 e. The number of carbonyl (C=O) groups is 1. The number of rotatable bonds is 4. The molecule has 3 aromatic rings. The SMILES string of the molecule is O=C(C1CC1)C1CN(c2nc3c(cnn3-c3ccccc3)c(=O)[nH]2)CCO1. The van der Waals surface area contributed by atoms with Crippen LogP contribution in [0.4, 0.5) is 5.95 Å². The van der Waals surface area contributed by atoms with E-state index in [0.29, 0.717) is 36.7 Å². The summed E-state index contributed by atoms with van der Waals surface area (Å²) in [6.45, 7) is 1.41. The van der Waals surface area contributed by atoms with Gasteiger partial charge >= 0.3 is 0 Å². The first-order chi connectivity index (χ1) is 13.2. The molecular formula is C19H19N5O3. The number of carbonyl (C=O) groups excluding carboxylic acids is 1. The van der Waals surface area contributed by atoms with Gasteiger partial charge in [-0.2, -0.15) is 10.1 Å². The first-order valence-corrected chi connectivity index (χ1v) is 9.14. The molecule has 1 aliphatic carbocycles. The number of hydrogen-bond donors (Lipinski definition) is 1. The topological polar surface area (TPSA) is 93.1 Å². The van der Waals surface area contributed by atoms with Gasteiger partial charge in [-0.1, -0.05) is 18.2 Å². The predicted octanol–water partition coefficient (Wildman–Crippen LogP) is 1.29. The first-order valence-electron chi connectivity index (χ1n) is 9.14. The fourth-order valence-corrected chi connectivity index (χ4v) is 3.46. The van der Waals surface area contributed by atoms with Crippen LogP contribution in [-0.2, 0) is 9.53 Å². The molecule has 1 atom stereocenters. The maximum absolute atomic E-state index is 12.5. The highest BCUT2D eigenvalue weighted by atomic mass is 16.5. The fraction of sp³-hybridized carbons (Fsp3) is 0.368. The molecule has 27 heavy (non-hydrogen) atoms. The minimum atomic E-state index is -0.453. The Morgan fingerprint density at radius 1 is 1.22 bits per heavy atom. The molecule has 8 heteroatoms. The third-order valence-electron chi connectivity index (χ3n) is 5.09. The lowest BCUT2D eigenvalue weighted by Gasteiger charge is -2.32. The summed E-state index contributed by atoms with van der Waals surface area (Å²) < 4.78 is 7.31. The summed E-state index contributed by atoms with van der Waals surface area (Å²) in [5.41, 5.74) is 1.09. The number of aromatic nitrogens is 4. The summed E-state index contributed by atoms with van der Waals surface area (Å²) in [4.78, 5) is 34.3. The number of para-hydroxylation sites is 1.